The monoisotopic (exact) mass is 372 g/mol. The number of methoxy groups -OCH3 is 1. The zero-order chi connectivity index (χ0) is 19.8. The Morgan fingerprint density at radius 2 is 1.39 bits per heavy atom. The van der Waals surface area contributed by atoms with Crippen LogP contribution in [0.2, 0.25) is 0 Å². The van der Waals surface area contributed by atoms with E-state index in [2.05, 4.69) is 0 Å². The second kappa shape index (κ2) is 9.56. The predicted molar refractivity (Wildman–Crippen MR) is 112 cm³/mol. The molecule has 0 bridgehead atoms. The van der Waals surface area contributed by atoms with Crippen molar-refractivity contribution in [3.8, 4) is 5.75 Å². The summed E-state index contributed by atoms with van der Waals surface area (Å²) in [5, 5.41) is 0. The van der Waals surface area contributed by atoms with E-state index in [1.54, 1.807) is 13.4 Å². The summed E-state index contributed by atoms with van der Waals surface area (Å²) in [5.41, 5.74) is 3.79. The first-order valence-electron chi connectivity index (χ1n) is 9.38. The van der Waals surface area contributed by atoms with Crippen LogP contribution in [0.15, 0.2) is 91.2 Å². The molecule has 0 N–H and O–H groups in total. The lowest BCUT2D eigenvalue weighted by atomic mass is 9.96. The summed E-state index contributed by atoms with van der Waals surface area (Å²) in [4.78, 5) is 12.8. The van der Waals surface area contributed by atoms with Crippen LogP contribution >= 0.6 is 0 Å². The fourth-order valence-corrected chi connectivity index (χ4v) is 3.11. The highest BCUT2D eigenvalue weighted by Gasteiger charge is 2.20. The SMILES string of the molecule is CC[C@H](C(=O)OC=C(c1ccccc1)c1ccccc1)c1ccc(OC)cc1. The van der Waals surface area contributed by atoms with Crippen molar-refractivity contribution in [2.45, 2.75) is 19.3 Å². The normalized spacial score (nSPS) is 11.4. The van der Waals surface area contributed by atoms with Crippen molar-refractivity contribution >= 4 is 11.5 Å². The highest BCUT2D eigenvalue weighted by Crippen LogP contribution is 2.26. The second-order valence-electron chi connectivity index (χ2n) is 6.43. The summed E-state index contributed by atoms with van der Waals surface area (Å²) < 4.78 is 10.8. The third-order valence-corrected chi connectivity index (χ3v) is 4.67. The molecule has 28 heavy (non-hydrogen) atoms. The number of carbonyl (C=O) groups excluding carboxylic acids is 1. The third-order valence-electron chi connectivity index (χ3n) is 4.67. The summed E-state index contributed by atoms with van der Waals surface area (Å²) in [6.07, 6.45) is 2.23. The molecular weight excluding hydrogens is 348 g/mol. The van der Waals surface area contributed by atoms with Crippen LogP contribution in [-0.4, -0.2) is 13.1 Å². The highest BCUT2D eigenvalue weighted by molar-refractivity contribution is 5.83. The van der Waals surface area contributed by atoms with Crippen molar-refractivity contribution in [1.82, 2.24) is 0 Å². The molecular formula is C25H24O3. The van der Waals surface area contributed by atoms with Gasteiger partial charge in [-0.05, 0) is 35.2 Å². The Labute approximate surface area is 166 Å². The predicted octanol–water partition coefficient (Wildman–Crippen LogP) is 5.82. The van der Waals surface area contributed by atoms with Gasteiger partial charge < -0.3 is 9.47 Å². The molecule has 1 atom stereocenters. The minimum Gasteiger partial charge on any atom is -0.497 e. The van der Waals surface area contributed by atoms with Gasteiger partial charge in [0.05, 0.1) is 13.0 Å². The van der Waals surface area contributed by atoms with E-state index in [9.17, 15) is 4.79 Å². The molecule has 0 heterocycles. The number of rotatable bonds is 7. The average Bonchev–Trinajstić information content (AvgIpc) is 2.76. The lowest BCUT2D eigenvalue weighted by Gasteiger charge is -2.14. The molecule has 3 heteroatoms. The summed E-state index contributed by atoms with van der Waals surface area (Å²) in [6, 6.07) is 27.4. The van der Waals surface area contributed by atoms with E-state index < -0.39 is 0 Å². The highest BCUT2D eigenvalue weighted by atomic mass is 16.5. The van der Waals surface area contributed by atoms with Crippen molar-refractivity contribution in [2.75, 3.05) is 7.11 Å². The fourth-order valence-electron chi connectivity index (χ4n) is 3.11. The van der Waals surface area contributed by atoms with Crippen LogP contribution in [0.5, 0.6) is 5.75 Å². The van der Waals surface area contributed by atoms with Gasteiger partial charge in [0, 0.05) is 5.57 Å². The first kappa shape index (κ1) is 19.4. The third kappa shape index (κ3) is 4.68. The van der Waals surface area contributed by atoms with Crippen molar-refractivity contribution in [2.24, 2.45) is 0 Å². The van der Waals surface area contributed by atoms with E-state index in [1.165, 1.54) is 0 Å². The van der Waals surface area contributed by atoms with Crippen molar-refractivity contribution in [3.05, 3.63) is 108 Å². The summed E-state index contributed by atoms with van der Waals surface area (Å²) in [6.45, 7) is 1.98. The molecule has 0 spiro atoms. The van der Waals surface area contributed by atoms with E-state index in [4.69, 9.17) is 9.47 Å². The van der Waals surface area contributed by atoms with Gasteiger partial charge >= 0.3 is 5.97 Å². The minimum absolute atomic E-state index is 0.267. The Hall–Kier alpha value is -3.33. The van der Waals surface area contributed by atoms with Crippen LogP contribution in [0.4, 0.5) is 0 Å². The molecule has 0 aliphatic heterocycles. The summed E-state index contributed by atoms with van der Waals surface area (Å²) >= 11 is 0. The van der Waals surface area contributed by atoms with Crippen LogP contribution in [0.3, 0.4) is 0 Å². The molecule has 3 aromatic carbocycles. The molecule has 142 valence electrons. The van der Waals surface area contributed by atoms with Crippen molar-refractivity contribution < 1.29 is 14.3 Å². The number of hydrogen-bond acceptors (Lipinski definition) is 3. The Morgan fingerprint density at radius 3 is 1.86 bits per heavy atom. The fraction of sp³-hybridized carbons (Fsp3) is 0.160. The van der Waals surface area contributed by atoms with Crippen LogP contribution in [0.1, 0.15) is 36.0 Å². The van der Waals surface area contributed by atoms with Gasteiger partial charge in [0.2, 0.25) is 0 Å². The van der Waals surface area contributed by atoms with Gasteiger partial charge in [-0.15, -0.1) is 0 Å². The molecule has 0 aliphatic rings. The van der Waals surface area contributed by atoms with Crippen LogP contribution in [0, 0.1) is 0 Å². The van der Waals surface area contributed by atoms with Crippen molar-refractivity contribution in [3.63, 3.8) is 0 Å². The van der Waals surface area contributed by atoms with Gasteiger partial charge in [-0.3, -0.25) is 4.79 Å². The molecule has 3 aromatic rings. The number of hydrogen-bond donors (Lipinski definition) is 0. The largest absolute Gasteiger partial charge is 0.497 e. The van der Waals surface area contributed by atoms with Gasteiger partial charge in [0.15, 0.2) is 0 Å². The quantitative estimate of drug-likeness (QED) is 0.387. The molecule has 0 aromatic heterocycles. The summed E-state index contributed by atoms with van der Waals surface area (Å²) in [7, 11) is 1.63. The van der Waals surface area contributed by atoms with E-state index in [0.29, 0.717) is 6.42 Å². The van der Waals surface area contributed by atoms with E-state index in [0.717, 1.165) is 28.0 Å². The molecule has 0 fully saturated rings. The maximum atomic E-state index is 12.8. The van der Waals surface area contributed by atoms with Gasteiger partial charge in [-0.25, -0.2) is 0 Å². The van der Waals surface area contributed by atoms with E-state index in [1.807, 2.05) is 91.9 Å². The Morgan fingerprint density at radius 1 is 0.857 bits per heavy atom. The topological polar surface area (TPSA) is 35.5 Å². The van der Waals surface area contributed by atoms with E-state index in [-0.39, 0.29) is 11.9 Å². The average molecular weight is 372 g/mol. The zero-order valence-electron chi connectivity index (χ0n) is 16.2. The smallest absolute Gasteiger partial charge is 0.318 e. The Balaban J connectivity index is 1.85. The molecule has 3 nitrogen and oxygen atoms in total. The first-order chi connectivity index (χ1) is 13.7. The van der Waals surface area contributed by atoms with Gasteiger partial charge in [-0.2, -0.15) is 0 Å². The lowest BCUT2D eigenvalue weighted by Crippen LogP contribution is -2.13. The molecule has 0 saturated carbocycles. The lowest BCUT2D eigenvalue weighted by molar-refractivity contribution is -0.139. The second-order valence-corrected chi connectivity index (χ2v) is 6.43. The Kier molecular flexibility index (Phi) is 6.64. The molecule has 0 radical (unpaired) electrons. The van der Waals surface area contributed by atoms with E-state index >= 15 is 0 Å². The first-order valence-corrected chi connectivity index (χ1v) is 9.38. The maximum absolute atomic E-state index is 12.8. The van der Waals surface area contributed by atoms with Gasteiger partial charge in [0.25, 0.3) is 0 Å². The number of benzene rings is 3. The molecule has 3 rings (SSSR count). The Bertz CT molecular complexity index is 872. The summed E-state index contributed by atoms with van der Waals surface area (Å²) in [5.74, 6) is 0.175. The van der Waals surface area contributed by atoms with Crippen LogP contribution in [-0.2, 0) is 9.53 Å². The number of carbonyl (C=O) groups is 1. The standard InChI is InChI=1S/C25H24O3/c1-3-23(21-14-16-22(27-2)17-15-21)25(26)28-18-24(19-10-6-4-7-11-19)20-12-8-5-9-13-20/h4-18,23H,3H2,1-2H3/t23-/m0/s1. The van der Waals surface area contributed by atoms with Crippen molar-refractivity contribution in [1.29, 1.82) is 0 Å². The minimum atomic E-state index is -0.324. The molecule has 0 aliphatic carbocycles. The van der Waals surface area contributed by atoms with Crippen LogP contribution in [0.25, 0.3) is 5.57 Å². The van der Waals surface area contributed by atoms with Gasteiger partial charge in [-0.1, -0.05) is 79.7 Å². The number of esters is 1. The molecule has 0 amide bonds. The maximum Gasteiger partial charge on any atom is 0.318 e. The molecule has 0 saturated heterocycles. The number of ether oxygens (including phenoxy) is 2. The zero-order valence-corrected chi connectivity index (χ0v) is 16.2. The molecule has 0 unspecified atom stereocenters. The van der Waals surface area contributed by atoms with Crippen LogP contribution < -0.4 is 4.74 Å². The van der Waals surface area contributed by atoms with Gasteiger partial charge in [0.1, 0.15) is 12.0 Å².